The molecule has 2 aromatic carbocycles. The van der Waals surface area contributed by atoms with Crippen LogP contribution in [0.4, 0.5) is 0 Å². The third-order valence-electron chi connectivity index (χ3n) is 3.06. The Morgan fingerprint density at radius 2 is 1.68 bits per heavy atom. The van der Waals surface area contributed by atoms with Gasteiger partial charge >= 0.3 is 0 Å². The summed E-state index contributed by atoms with van der Waals surface area (Å²) in [5.74, 6) is 0. The number of benzene rings is 2. The summed E-state index contributed by atoms with van der Waals surface area (Å²) in [6.45, 7) is 4.17. The molecule has 1 nitrogen and oxygen atoms in total. The summed E-state index contributed by atoms with van der Waals surface area (Å²) in [6.07, 6.45) is 0. The Morgan fingerprint density at radius 3 is 2.32 bits per heavy atom. The highest BCUT2D eigenvalue weighted by atomic mass is 35.5. The second kappa shape index (κ2) is 6.47. The highest BCUT2D eigenvalue weighted by Crippen LogP contribution is 2.41. The Bertz CT molecular complexity index is 554. The van der Waals surface area contributed by atoms with Crippen molar-refractivity contribution in [1.29, 1.82) is 0 Å². The molecule has 2 atom stereocenters. The van der Waals surface area contributed by atoms with Crippen LogP contribution in [-0.4, -0.2) is 6.04 Å². The van der Waals surface area contributed by atoms with E-state index in [9.17, 15) is 0 Å². The summed E-state index contributed by atoms with van der Waals surface area (Å²) >= 11 is 7.97. The van der Waals surface area contributed by atoms with Crippen molar-refractivity contribution >= 4 is 23.4 Å². The molecule has 2 N–H and O–H groups in total. The molecule has 3 heteroatoms. The zero-order valence-electron chi connectivity index (χ0n) is 11.1. The zero-order chi connectivity index (χ0) is 13.8. The Kier molecular flexibility index (Phi) is 4.92. The van der Waals surface area contributed by atoms with E-state index in [2.05, 4.69) is 31.2 Å². The first kappa shape index (κ1) is 14.4. The summed E-state index contributed by atoms with van der Waals surface area (Å²) in [6, 6.07) is 16.3. The Morgan fingerprint density at radius 1 is 1.05 bits per heavy atom. The first-order valence-corrected chi connectivity index (χ1v) is 7.57. The van der Waals surface area contributed by atoms with Crippen LogP contribution in [0.2, 0.25) is 5.02 Å². The Labute approximate surface area is 124 Å². The summed E-state index contributed by atoms with van der Waals surface area (Å²) in [4.78, 5) is 1.08. The topological polar surface area (TPSA) is 26.0 Å². The molecule has 0 saturated carbocycles. The predicted octanol–water partition coefficient (Wildman–Crippen LogP) is 4.83. The van der Waals surface area contributed by atoms with E-state index >= 15 is 0 Å². The highest BCUT2D eigenvalue weighted by Gasteiger charge is 2.20. The Hall–Kier alpha value is -0.960. The third kappa shape index (κ3) is 3.53. The maximum atomic E-state index is 6.24. The fourth-order valence-corrected chi connectivity index (χ4v) is 3.52. The second-order valence-electron chi connectivity index (χ2n) is 4.68. The standard InChI is InChI=1S/C16H18ClNS/c1-11-7-3-4-8-13(11)16(12(2)18)19-15-10-6-5-9-14(15)17/h3-10,12,16H,18H2,1-2H3. The van der Waals surface area contributed by atoms with Crippen LogP contribution in [0.1, 0.15) is 23.3 Å². The van der Waals surface area contributed by atoms with Gasteiger partial charge in [0, 0.05) is 16.2 Å². The van der Waals surface area contributed by atoms with Crippen LogP contribution in [0, 0.1) is 6.92 Å². The van der Waals surface area contributed by atoms with Gasteiger partial charge in [-0.3, -0.25) is 0 Å². The molecule has 0 aromatic heterocycles. The smallest absolute Gasteiger partial charge is 0.0542 e. The van der Waals surface area contributed by atoms with E-state index in [-0.39, 0.29) is 11.3 Å². The lowest BCUT2D eigenvalue weighted by atomic mass is 10.0. The normalized spacial score (nSPS) is 14.1. The summed E-state index contributed by atoms with van der Waals surface area (Å²) < 4.78 is 0. The largest absolute Gasteiger partial charge is 0.327 e. The highest BCUT2D eigenvalue weighted by molar-refractivity contribution is 7.99. The molecule has 19 heavy (non-hydrogen) atoms. The zero-order valence-corrected chi connectivity index (χ0v) is 12.7. The number of hydrogen-bond donors (Lipinski definition) is 1. The SMILES string of the molecule is Cc1ccccc1C(Sc1ccccc1Cl)C(C)N. The second-order valence-corrected chi connectivity index (χ2v) is 6.28. The van der Waals surface area contributed by atoms with Crippen molar-refractivity contribution in [3.8, 4) is 0 Å². The molecule has 0 heterocycles. The molecule has 0 aliphatic rings. The minimum atomic E-state index is 0.0578. The van der Waals surface area contributed by atoms with E-state index in [1.54, 1.807) is 11.8 Å². The van der Waals surface area contributed by atoms with E-state index in [0.29, 0.717) is 0 Å². The predicted molar refractivity (Wildman–Crippen MR) is 84.9 cm³/mol. The molecule has 2 rings (SSSR count). The molecular formula is C16H18ClNS. The average molecular weight is 292 g/mol. The fraction of sp³-hybridized carbons (Fsp3) is 0.250. The lowest BCUT2D eigenvalue weighted by Crippen LogP contribution is -2.23. The minimum absolute atomic E-state index is 0.0578. The van der Waals surface area contributed by atoms with Gasteiger partial charge in [-0.05, 0) is 37.1 Å². The van der Waals surface area contributed by atoms with E-state index in [0.717, 1.165) is 9.92 Å². The number of aryl methyl sites for hydroxylation is 1. The molecule has 0 fully saturated rings. The van der Waals surface area contributed by atoms with E-state index in [4.69, 9.17) is 17.3 Å². The molecule has 0 radical (unpaired) electrons. The lowest BCUT2D eigenvalue weighted by Gasteiger charge is -2.23. The van der Waals surface area contributed by atoms with Gasteiger partial charge in [-0.15, -0.1) is 11.8 Å². The van der Waals surface area contributed by atoms with Gasteiger partial charge in [-0.25, -0.2) is 0 Å². The third-order valence-corrected chi connectivity index (χ3v) is 5.05. The van der Waals surface area contributed by atoms with Gasteiger partial charge in [0.2, 0.25) is 0 Å². The van der Waals surface area contributed by atoms with E-state index < -0.39 is 0 Å². The summed E-state index contributed by atoms with van der Waals surface area (Å²) in [7, 11) is 0. The number of rotatable bonds is 4. The first-order chi connectivity index (χ1) is 9.09. The molecule has 0 bridgehead atoms. The van der Waals surface area contributed by atoms with E-state index in [1.807, 2.05) is 31.2 Å². The molecule has 2 unspecified atom stereocenters. The lowest BCUT2D eigenvalue weighted by molar-refractivity contribution is 0.718. The first-order valence-electron chi connectivity index (χ1n) is 6.32. The van der Waals surface area contributed by atoms with Gasteiger partial charge in [0.1, 0.15) is 0 Å². The number of nitrogens with two attached hydrogens (primary N) is 1. The maximum Gasteiger partial charge on any atom is 0.0542 e. The molecule has 0 amide bonds. The van der Waals surface area contributed by atoms with Crippen molar-refractivity contribution in [3.63, 3.8) is 0 Å². The molecule has 2 aromatic rings. The molecular weight excluding hydrogens is 274 g/mol. The van der Waals surface area contributed by atoms with Crippen molar-refractivity contribution in [2.75, 3.05) is 0 Å². The van der Waals surface area contributed by atoms with Gasteiger partial charge < -0.3 is 5.73 Å². The van der Waals surface area contributed by atoms with Crippen LogP contribution in [0.5, 0.6) is 0 Å². The number of thioether (sulfide) groups is 1. The van der Waals surface area contributed by atoms with Crippen LogP contribution < -0.4 is 5.73 Å². The van der Waals surface area contributed by atoms with Gasteiger partial charge in [-0.1, -0.05) is 48.0 Å². The van der Waals surface area contributed by atoms with Crippen LogP contribution in [0.25, 0.3) is 0 Å². The monoisotopic (exact) mass is 291 g/mol. The summed E-state index contributed by atoms with van der Waals surface area (Å²) in [5, 5.41) is 0.993. The molecule has 0 spiro atoms. The summed E-state index contributed by atoms with van der Waals surface area (Å²) in [5.41, 5.74) is 8.72. The number of hydrogen-bond acceptors (Lipinski definition) is 2. The quantitative estimate of drug-likeness (QED) is 0.817. The van der Waals surface area contributed by atoms with Crippen molar-refractivity contribution in [3.05, 3.63) is 64.7 Å². The van der Waals surface area contributed by atoms with Gasteiger partial charge in [-0.2, -0.15) is 0 Å². The Balaban J connectivity index is 2.33. The molecule has 0 aliphatic carbocycles. The molecule has 100 valence electrons. The molecule has 0 aliphatic heterocycles. The fourth-order valence-electron chi connectivity index (χ4n) is 2.04. The van der Waals surface area contributed by atoms with Crippen LogP contribution in [-0.2, 0) is 0 Å². The van der Waals surface area contributed by atoms with Crippen molar-refractivity contribution in [1.82, 2.24) is 0 Å². The van der Waals surface area contributed by atoms with Gasteiger partial charge in [0.15, 0.2) is 0 Å². The van der Waals surface area contributed by atoms with Crippen LogP contribution in [0.3, 0.4) is 0 Å². The minimum Gasteiger partial charge on any atom is -0.327 e. The molecule has 0 saturated heterocycles. The maximum absolute atomic E-state index is 6.24. The van der Waals surface area contributed by atoms with Crippen molar-refractivity contribution in [2.24, 2.45) is 5.73 Å². The van der Waals surface area contributed by atoms with Crippen molar-refractivity contribution in [2.45, 2.75) is 30.0 Å². The van der Waals surface area contributed by atoms with Crippen LogP contribution in [0.15, 0.2) is 53.4 Å². The average Bonchev–Trinajstić information content (AvgIpc) is 2.38. The van der Waals surface area contributed by atoms with Crippen molar-refractivity contribution < 1.29 is 0 Å². The van der Waals surface area contributed by atoms with E-state index in [1.165, 1.54) is 11.1 Å². The van der Waals surface area contributed by atoms with Crippen LogP contribution >= 0.6 is 23.4 Å². The number of halogens is 1. The van der Waals surface area contributed by atoms with Gasteiger partial charge in [0.25, 0.3) is 0 Å². The van der Waals surface area contributed by atoms with Gasteiger partial charge in [0.05, 0.1) is 5.02 Å².